The highest BCUT2D eigenvalue weighted by Crippen LogP contribution is 2.40. The summed E-state index contributed by atoms with van der Waals surface area (Å²) in [6.45, 7) is 6.78. The van der Waals surface area contributed by atoms with E-state index in [1.54, 1.807) is 0 Å². The van der Waals surface area contributed by atoms with Gasteiger partial charge in [-0.25, -0.2) is 0 Å². The van der Waals surface area contributed by atoms with Crippen molar-refractivity contribution in [3.8, 4) is 0 Å². The molecule has 2 atom stereocenters. The summed E-state index contributed by atoms with van der Waals surface area (Å²) in [5.74, 6) is 2.51. The number of nitrogens with one attached hydrogen (secondary N) is 1. The fraction of sp³-hybridized carbons (Fsp3) is 0.538. The van der Waals surface area contributed by atoms with Crippen LogP contribution in [0.2, 0.25) is 0 Å². The minimum atomic E-state index is 0.782. The van der Waals surface area contributed by atoms with Crippen LogP contribution in [-0.4, -0.2) is 4.98 Å². The van der Waals surface area contributed by atoms with E-state index in [0.717, 1.165) is 17.8 Å². The van der Waals surface area contributed by atoms with Crippen LogP contribution in [0.15, 0.2) is 12.3 Å². The molecule has 1 heteroatoms. The van der Waals surface area contributed by atoms with Crippen LogP contribution in [0, 0.1) is 17.8 Å². The van der Waals surface area contributed by atoms with Gasteiger partial charge in [-0.15, -0.1) is 0 Å². The lowest BCUT2D eigenvalue weighted by Gasteiger charge is -2.39. The monoisotopic (exact) mass is 189 g/mol. The van der Waals surface area contributed by atoms with Crippen molar-refractivity contribution >= 4 is 12.2 Å². The molecule has 1 aromatic rings. The summed E-state index contributed by atoms with van der Waals surface area (Å²) in [6, 6.07) is 2.17. The molecule has 14 heavy (non-hydrogen) atoms. The maximum absolute atomic E-state index is 3.25. The van der Waals surface area contributed by atoms with Crippen LogP contribution in [-0.2, 0) is 0 Å². The van der Waals surface area contributed by atoms with E-state index in [4.69, 9.17) is 0 Å². The van der Waals surface area contributed by atoms with Gasteiger partial charge in [-0.05, 0) is 42.4 Å². The Kier molecular flexibility index (Phi) is 2.49. The van der Waals surface area contributed by atoms with Crippen molar-refractivity contribution in [1.82, 2.24) is 4.98 Å². The summed E-state index contributed by atoms with van der Waals surface area (Å²) in [4.78, 5) is 3.25. The van der Waals surface area contributed by atoms with Crippen molar-refractivity contribution in [1.29, 1.82) is 0 Å². The van der Waals surface area contributed by atoms with Gasteiger partial charge in [-0.1, -0.05) is 26.0 Å². The number of hydrogen-bond donors (Lipinski definition) is 1. The Morgan fingerprint density at radius 3 is 2.64 bits per heavy atom. The lowest BCUT2D eigenvalue weighted by molar-refractivity contribution is 0.162. The Morgan fingerprint density at radius 1 is 1.36 bits per heavy atom. The Hall–Kier alpha value is -0.980. The third kappa shape index (κ3) is 1.52. The molecule has 1 aliphatic rings. The summed E-state index contributed by atoms with van der Waals surface area (Å²) in [7, 11) is 0. The maximum Gasteiger partial charge on any atom is 0.0407 e. The second-order valence-electron chi connectivity index (χ2n) is 4.57. The number of rotatable bonds is 1. The van der Waals surface area contributed by atoms with Gasteiger partial charge in [0.05, 0.1) is 0 Å². The predicted molar refractivity (Wildman–Crippen MR) is 61.1 cm³/mol. The van der Waals surface area contributed by atoms with Gasteiger partial charge in [0.2, 0.25) is 0 Å². The molecule has 2 rings (SSSR count). The van der Waals surface area contributed by atoms with Gasteiger partial charge in [0.15, 0.2) is 0 Å². The molecular weight excluding hydrogens is 170 g/mol. The van der Waals surface area contributed by atoms with Crippen molar-refractivity contribution in [3.63, 3.8) is 0 Å². The second-order valence-corrected chi connectivity index (χ2v) is 4.57. The largest absolute Gasteiger partial charge is 0.361 e. The van der Waals surface area contributed by atoms with E-state index < -0.39 is 0 Å². The number of aromatic amines is 1. The fourth-order valence-corrected chi connectivity index (χ4v) is 2.59. The van der Waals surface area contributed by atoms with E-state index >= 15 is 0 Å². The van der Waals surface area contributed by atoms with E-state index in [-0.39, 0.29) is 0 Å². The van der Waals surface area contributed by atoms with Crippen LogP contribution in [0.4, 0.5) is 0 Å². The summed E-state index contributed by atoms with van der Waals surface area (Å²) < 4.78 is 0. The molecule has 0 aromatic carbocycles. The summed E-state index contributed by atoms with van der Waals surface area (Å²) >= 11 is 0. The molecule has 1 saturated carbocycles. The lowest BCUT2D eigenvalue weighted by Crippen LogP contribution is -2.34. The van der Waals surface area contributed by atoms with Crippen molar-refractivity contribution in [2.45, 2.75) is 27.2 Å². The van der Waals surface area contributed by atoms with Crippen LogP contribution >= 0.6 is 0 Å². The fourth-order valence-electron chi connectivity index (χ4n) is 2.59. The van der Waals surface area contributed by atoms with Crippen LogP contribution < -0.4 is 10.6 Å². The topological polar surface area (TPSA) is 15.8 Å². The first-order chi connectivity index (χ1) is 6.72. The first-order valence-electron chi connectivity index (χ1n) is 5.54. The van der Waals surface area contributed by atoms with Crippen LogP contribution in [0.1, 0.15) is 27.2 Å². The van der Waals surface area contributed by atoms with E-state index in [1.807, 2.05) is 6.20 Å². The van der Waals surface area contributed by atoms with Crippen LogP contribution in [0.3, 0.4) is 0 Å². The zero-order valence-electron chi connectivity index (χ0n) is 9.25. The highest BCUT2D eigenvalue weighted by Gasteiger charge is 2.32. The van der Waals surface area contributed by atoms with Gasteiger partial charge in [0, 0.05) is 11.5 Å². The zero-order valence-corrected chi connectivity index (χ0v) is 9.25. The summed E-state index contributed by atoms with van der Waals surface area (Å²) in [5, 5.41) is 2.63. The molecule has 0 bridgehead atoms. The molecule has 1 fully saturated rings. The van der Waals surface area contributed by atoms with Crippen molar-refractivity contribution < 1.29 is 0 Å². The minimum Gasteiger partial charge on any atom is -0.361 e. The van der Waals surface area contributed by atoms with E-state index in [0.29, 0.717) is 0 Å². The van der Waals surface area contributed by atoms with Crippen LogP contribution in [0.5, 0.6) is 0 Å². The predicted octanol–water partition coefficient (Wildman–Crippen LogP) is 1.89. The molecule has 0 spiro atoms. The van der Waals surface area contributed by atoms with Gasteiger partial charge < -0.3 is 4.98 Å². The van der Waals surface area contributed by atoms with Crippen molar-refractivity contribution in [2.24, 2.45) is 17.8 Å². The molecule has 0 saturated heterocycles. The SMILES string of the molecule is C/C=c1/[nH]cc/c1=C/C1C(C)CC1C. The molecule has 0 aliphatic heterocycles. The Labute approximate surface area is 85.5 Å². The Balaban J connectivity index is 2.35. The highest BCUT2D eigenvalue weighted by molar-refractivity contribution is 5.32. The summed E-state index contributed by atoms with van der Waals surface area (Å²) in [6.07, 6.45) is 7.98. The number of H-pyrrole nitrogens is 1. The standard InChI is InChI=1S/C13H19N/c1-4-13-11(5-6-14-13)8-12-9(2)7-10(12)3/h4-6,8-10,12,14H,7H2,1-3H3/b11-8-,13-4+. The van der Waals surface area contributed by atoms with E-state index in [2.05, 4.69) is 44.0 Å². The second kappa shape index (κ2) is 3.64. The molecule has 1 aliphatic carbocycles. The van der Waals surface area contributed by atoms with Crippen molar-refractivity contribution in [2.75, 3.05) is 0 Å². The molecule has 1 N–H and O–H groups in total. The van der Waals surface area contributed by atoms with Crippen LogP contribution in [0.25, 0.3) is 12.2 Å². The average molecular weight is 189 g/mol. The highest BCUT2D eigenvalue weighted by atomic mass is 14.6. The van der Waals surface area contributed by atoms with Crippen molar-refractivity contribution in [3.05, 3.63) is 22.8 Å². The first kappa shape index (κ1) is 9.57. The molecule has 1 nitrogen and oxygen atoms in total. The normalized spacial score (nSPS) is 34.6. The Morgan fingerprint density at radius 2 is 2.07 bits per heavy atom. The minimum absolute atomic E-state index is 0.782. The third-order valence-electron chi connectivity index (χ3n) is 3.53. The number of hydrogen-bond acceptors (Lipinski definition) is 0. The maximum atomic E-state index is 3.25. The Bertz CT molecular complexity index is 405. The molecule has 2 unspecified atom stereocenters. The van der Waals surface area contributed by atoms with Gasteiger partial charge in [-0.3, -0.25) is 0 Å². The average Bonchev–Trinajstić information content (AvgIpc) is 2.61. The molecule has 0 amide bonds. The van der Waals surface area contributed by atoms with Gasteiger partial charge in [-0.2, -0.15) is 0 Å². The third-order valence-corrected chi connectivity index (χ3v) is 3.53. The smallest absolute Gasteiger partial charge is 0.0407 e. The van der Waals surface area contributed by atoms with Gasteiger partial charge >= 0.3 is 0 Å². The molecule has 76 valence electrons. The lowest BCUT2D eigenvalue weighted by atomic mass is 9.66. The molecule has 1 aromatic heterocycles. The number of aromatic nitrogens is 1. The van der Waals surface area contributed by atoms with E-state index in [9.17, 15) is 0 Å². The van der Waals surface area contributed by atoms with Gasteiger partial charge in [0.1, 0.15) is 0 Å². The van der Waals surface area contributed by atoms with Gasteiger partial charge in [0.25, 0.3) is 0 Å². The molecular formula is C13H19N. The first-order valence-corrected chi connectivity index (χ1v) is 5.54. The summed E-state index contributed by atoms with van der Waals surface area (Å²) in [5.41, 5.74) is 0. The molecule has 0 radical (unpaired) electrons. The molecule has 1 heterocycles. The van der Waals surface area contributed by atoms with E-state index in [1.165, 1.54) is 17.0 Å². The zero-order chi connectivity index (χ0) is 10.1. The quantitative estimate of drug-likeness (QED) is 0.694.